The Morgan fingerprint density at radius 2 is 2.00 bits per heavy atom. The average molecular weight is 254 g/mol. The van der Waals surface area contributed by atoms with Gasteiger partial charge in [-0.05, 0) is 32.1 Å². The minimum absolute atomic E-state index is 0.366. The van der Waals surface area contributed by atoms with E-state index in [0.717, 1.165) is 25.6 Å². The van der Waals surface area contributed by atoms with E-state index < -0.39 is 0 Å². The first-order chi connectivity index (χ1) is 8.76. The van der Waals surface area contributed by atoms with Crippen LogP contribution < -0.4 is 5.73 Å². The molecule has 0 aromatic rings. The molecule has 1 aliphatic heterocycles. The van der Waals surface area contributed by atoms with Gasteiger partial charge in [-0.1, -0.05) is 26.2 Å². The first kappa shape index (κ1) is 14.3. The molecule has 2 rings (SSSR count). The maximum absolute atomic E-state index is 6.11. The van der Waals surface area contributed by atoms with Crippen LogP contribution in [0.25, 0.3) is 0 Å². The predicted octanol–water partition coefficient (Wildman–Crippen LogP) is 2.39. The van der Waals surface area contributed by atoms with Crippen LogP contribution in [0.3, 0.4) is 0 Å². The summed E-state index contributed by atoms with van der Waals surface area (Å²) in [5.41, 5.74) is 6.11. The zero-order valence-corrected chi connectivity index (χ0v) is 12.1. The number of hydrogen-bond donors (Lipinski definition) is 1. The second kappa shape index (κ2) is 6.88. The summed E-state index contributed by atoms with van der Waals surface area (Å²) >= 11 is 0. The fraction of sp³-hybridized carbons (Fsp3) is 1.00. The number of ether oxygens (including phenoxy) is 1. The molecular formula is C15H30N2O. The van der Waals surface area contributed by atoms with Gasteiger partial charge in [0.2, 0.25) is 0 Å². The molecular weight excluding hydrogens is 224 g/mol. The molecule has 3 nitrogen and oxygen atoms in total. The van der Waals surface area contributed by atoms with Gasteiger partial charge in [-0.2, -0.15) is 0 Å². The summed E-state index contributed by atoms with van der Waals surface area (Å²) in [6, 6.07) is 1.17. The third-order valence-electron chi connectivity index (χ3n) is 4.84. The topological polar surface area (TPSA) is 38.5 Å². The first-order valence-electron chi connectivity index (χ1n) is 7.83. The maximum atomic E-state index is 6.11. The minimum Gasteiger partial charge on any atom is -0.376 e. The highest BCUT2D eigenvalue weighted by atomic mass is 16.5. The molecule has 0 spiro atoms. The van der Waals surface area contributed by atoms with Gasteiger partial charge in [-0.15, -0.1) is 0 Å². The normalized spacial score (nSPS) is 33.5. The van der Waals surface area contributed by atoms with Gasteiger partial charge in [-0.3, -0.25) is 4.90 Å². The lowest BCUT2D eigenvalue weighted by molar-refractivity contribution is -0.0821. The molecule has 3 atom stereocenters. The third kappa shape index (κ3) is 3.25. The molecule has 3 heteroatoms. The summed E-state index contributed by atoms with van der Waals surface area (Å²) in [6.45, 7) is 7.23. The fourth-order valence-electron chi connectivity index (χ4n) is 3.75. The van der Waals surface area contributed by atoms with Gasteiger partial charge in [0.05, 0.1) is 12.7 Å². The Balaban J connectivity index is 2.03. The Kier molecular flexibility index (Phi) is 5.46. The largest absolute Gasteiger partial charge is 0.376 e. The molecule has 0 amide bonds. The van der Waals surface area contributed by atoms with Crippen molar-refractivity contribution in [1.29, 1.82) is 0 Å². The first-order valence-corrected chi connectivity index (χ1v) is 7.83. The highest BCUT2D eigenvalue weighted by Gasteiger charge is 2.34. The van der Waals surface area contributed by atoms with Gasteiger partial charge in [0.1, 0.15) is 0 Å². The molecule has 1 saturated carbocycles. The van der Waals surface area contributed by atoms with Crippen LogP contribution in [0.1, 0.15) is 52.4 Å². The second-order valence-electron chi connectivity index (χ2n) is 6.10. The van der Waals surface area contributed by atoms with Crippen molar-refractivity contribution in [2.75, 3.05) is 19.7 Å². The number of rotatable bonds is 4. The Hall–Kier alpha value is -0.120. The van der Waals surface area contributed by atoms with E-state index in [2.05, 4.69) is 18.7 Å². The van der Waals surface area contributed by atoms with Crippen molar-refractivity contribution in [3.8, 4) is 0 Å². The van der Waals surface area contributed by atoms with E-state index in [1.165, 1.54) is 38.5 Å². The van der Waals surface area contributed by atoms with Gasteiger partial charge in [0.15, 0.2) is 0 Å². The highest BCUT2D eigenvalue weighted by molar-refractivity contribution is 4.89. The molecule has 0 bridgehead atoms. The zero-order valence-electron chi connectivity index (χ0n) is 12.1. The molecule has 0 aromatic carbocycles. The average Bonchev–Trinajstić information content (AvgIpc) is 2.41. The predicted molar refractivity (Wildman–Crippen MR) is 75.6 cm³/mol. The second-order valence-corrected chi connectivity index (χ2v) is 6.10. The monoisotopic (exact) mass is 254 g/mol. The third-order valence-corrected chi connectivity index (χ3v) is 4.84. The standard InChI is InChI=1S/C15H30N2O/c1-3-14-11-18-12(2)10-17(14)15(9-16)13-7-5-4-6-8-13/h12-15H,3-11,16H2,1-2H3. The summed E-state index contributed by atoms with van der Waals surface area (Å²) in [7, 11) is 0. The molecule has 0 aromatic heterocycles. The van der Waals surface area contributed by atoms with Crippen molar-refractivity contribution in [2.24, 2.45) is 11.7 Å². The Labute approximate surface area is 112 Å². The van der Waals surface area contributed by atoms with Crippen LogP contribution in [0.15, 0.2) is 0 Å². The lowest BCUT2D eigenvalue weighted by Crippen LogP contribution is -2.57. The van der Waals surface area contributed by atoms with Gasteiger partial charge >= 0.3 is 0 Å². The molecule has 2 N–H and O–H groups in total. The molecule has 1 saturated heterocycles. The van der Waals surface area contributed by atoms with E-state index in [0.29, 0.717) is 18.2 Å². The van der Waals surface area contributed by atoms with Gasteiger partial charge in [-0.25, -0.2) is 0 Å². The Bertz CT molecular complexity index is 241. The van der Waals surface area contributed by atoms with Crippen molar-refractivity contribution >= 4 is 0 Å². The molecule has 3 unspecified atom stereocenters. The number of morpholine rings is 1. The van der Waals surface area contributed by atoms with E-state index in [-0.39, 0.29) is 0 Å². The van der Waals surface area contributed by atoms with Crippen LogP contribution in [-0.4, -0.2) is 42.8 Å². The fourth-order valence-corrected chi connectivity index (χ4v) is 3.75. The zero-order chi connectivity index (χ0) is 13.0. The molecule has 1 aliphatic carbocycles. The van der Waals surface area contributed by atoms with Crippen molar-refractivity contribution in [1.82, 2.24) is 4.90 Å². The SMILES string of the molecule is CCC1COC(C)CN1C(CN)C1CCCCC1. The van der Waals surface area contributed by atoms with E-state index in [9.17, 15) is 0 Å². The smallest absolute Gasteiger partial charge is 0.0674 e. The van der Waals surface area contributed by atoms with Gasteiger partial charge in [0.25, 0.3) is 0 Å². The summed E-state index contributed by atoms with van der Waals surface area (Å²) in [5.74, 6) is 0.822. The summed E-state index contributed by atoms with van der Waals surface area (Å²) < 4.78 is 5.81. The van der Waals surface area contributed by atoms with E-state index in [4.69, 9.17) is 10.5 Å². The number of hydrogen-bond acceptors (Lipinski definition) is 3. The number of nitrogens with two attached hydrogens (primary N) is 1. The van der Waals surface area contributed by atoms with E-state index in [1.54, 1.807) is 0 Å². The molecule has 0 radical (unpaired) electrons. The van der Waals surface area contributed by atoms with Crippen molar-refractivity contribution in [3.05, 3.63) is 0 Å². The quantitative estimate of drug-likeness (QED) is 0.837. The molecule has 2 aliphatic rings. The van der Waals surface area contributed by atoms with Crippen molar-refractivity contribution < 1.29 is 4.74 Å². The van der Waals surface area contributed by atoms with E-state index in [1.807, 2.05) is 0 Å². The lowest BCUT2D eigenvalue weighted by atomic mass is 9.82. The highest BCUT2D eigenvalue weighted by Crippen LogP contribution is 2.31. The number of nitrogens with zero attached hydrogens (tertiary/aromatic N) is 1. The lowest BCUT2D eigenvalue weighted by Gasteiger charge is -2.46. The molecule has 2 fully saturated rings. The van der Waals surface area contributed by atoms with Crippen LogP contribution >= 0.6 is 0 Å². The summed E-state index contributed by atoms with van der Waals surface area (Å²) in [6.07, 6.45) is 8.52. The minimum atomic E-state index is 0.366. The van der Waals surface area contributed by atoms with Crippen LogP contribution in [0.2, 0.25) is 0 Å². The van der Waals surface area contributed by atoms with E-state index >= 15 is 0 Å². The summed E-state index contributed by atoms with van der Waals surface area (Å²) in [4.78, 5) is 2.67. The van der Waals surface area contributed by atoms with Crippen LogP contribution in [0.5, 0.6) is 0 Å². The molecule has 106 valence electrons. The van der Waals surface area contributed by atoms with Gasteiger partial charge < -0.3 is 10.5 Å². The Morgan fingerprint density at radius 3 is 2.61 bits per heavy atom. The molecule has 1 heterocycles. The van der Waals surface area contributed by atoms with Crippen LogP contribution in [0, 0.1) is 5.92 Å². The summed E-state index contributed by atoms with van der Waals surface area (Å²) in [5, 5.41) is 0. The molecule has 18 heavy (non-hydrogen) atoms. The van der Waals surface area contributed by atoms with Crippen molar-refractivity contribution in [3.63, 3.8) is 0 Å². The van der Waals surface area contributed by atoms with Crippen molar-refractivity contribution in [2.45, 2.75) is 70.6 Å². The Morgan fingerprint density at radius 1 is 1.28 bits per heavy atom. The van der Waals surface area contributed by atoms with Crippen LogP contribution in [-0.2, 0) is 4.74 Å². The van der Waals surface area contributed by atoms with Gasteiger partial charge in [0, 0.05) is 25.2 Å². The van der Waals surface area contributed by atoms with Crippen LogP contribution in [0.4, 0.5) is 0 Å². The maximum Gasteiger partial charge on any atom is 0.0674 e.